The van der Waals surface area contributed by atoms with E-state index in [1.165, 1.54) is 11.3 Å². The maximum atomic E-state index is 8.84. The lowest BCUT2D eigenvalue weighted by atomic mass is 10.2. The molecule has 17 heavy (non-hydrogen) atoms. The van der Waals surface area contributed by atoms with E-state index in [0.29, 0.717) is 16.8 Å². The summed E-state index contributed by atoms with van der Waals surface area (Å²) in [7, 11) is 1.62. The molecule has 2 aromatic rings. The van der Waals surface area contributed by atoms with E-state index in [9.17, 15) is 0 Å². The molecule has 1 aromatic heterocycles. The Kier molecular flexibility index (Phi) is 3.89. The normalized spacial score (nSPS) is 10.2. The highest BCUT2D eigenvalue weighted by atomic mass is 32.1. The van der Waals surface area contributed by atoms with Crippen molar-refractivity contribution in [1.82, 2.24) is 10.2 Å². The van der Waals surface area contributed by atoms with Gasteiger partial charge in [0.05, 0.1) is 13.7 Å². The van der Waals surface area contributed by atoms with Gasteiger partial charge in [0.25, 0.3) is 5.19 Å². The predicted molar refractivity (Wildman–Crippen MR) is 63.2 cm³/mol. The van der Waals surface area contributed by atoms with Gasteiger partial charge >= 0.3 is 0 Å². The fourth-order valence-corrected chi connectivity index (χ4v) is 1.82. The standard InChI is InChI=1S/C11H12N2O3S/c1-15-9-4-2-3-8(5-9)7-16-11-13-12-10(6-14)17-11/h2-5,14H,6-7H2,1H3. The summed E-state index contributed by atoms with van der Waals surface area (Å²) < 4.78 is 10.6. The number of aliphatic hydroxyl groups is 1. The van der Waals surface area contributed by atoms with Gasteiger partial charge in [-0.15, -0.1) is 5.10 Å². The number of hydrogen-bond donors (Lipinski definition) is 1. The number of nitrogens with zero attached hydrogens (tertiary/aromatic N) is 2. The van der Waals surface area contributed by atoms with Gasteiger partial charge in [0.1, 0.15) is 17.4 Å². The van der Waals surface area contributed by atoms with Gasteiger partial charge in [0, 0.05) is 0 Å². The van der Waals surface area contributed by atoms with Gasteiger partial charge in [-0.2, -0.15) is 0 Å². The van der Waals surface area contributed by atoms with E-state index < -0.39 is 0 Å². The summed E-state index contributed by atoms with van der Waals surface area (Å²) in [6.45, 7) is 0.289. The molecule has 1 N–H and O–H groups in total. The molecule has 0 amide bonds. The van der Waals surface area contributed by atoms with Crippen molar-refractivity contribution in [3.05, 3.63) is 34.8 Å². The van der Waals surface area contributed by atoms with Crippen LogP contribution >= 0.6 is 11.3 Å². The van der Waals surface area contributed by atoms with E-state index in [4.69, 9.17) is 14.6 Å². The number of ether oxygens (including phenoxy) is 2. The molecular weight excluding hydrogens is 240 g/mol. The van der Waals surface area contributed by atoms with E-state index in [1.807, 2.05) is 24.3 Å². The number of rotatable bonds is 5. The molecule has 0 unspecified atom stereocenters. The third kappa shape index (κ3) is 3.15. The average Bonchev–Trinajstić information content (AvgIpc) is 2.84. The van der Waals surface area contributed by atoms with E-state index in [0.717, 1.165) is 11.3 Å². The van der Waals surface area contributed by atoms with Gasteiger partial charge in [-0.3, -0.25) is 0 Å². The molecule has 0 bridgehead atoms. The summed E-state index contributed by atoms with van der Waals surface area (Å²) in [5.41, 5.74) is 0.991. The molecule has 5 nitrogen and oxygen atoms in total. The average molecular weight is 252 g/mol. The van der Waals surface area contributed by atoms with Crippen molar-refractivity contribution < 1.29 is 14.6 Å². The van der Waals surface area contributed by atoms with E-state index in [2.05, 4.69) is 10.2 Å². The zero-order valence-electron chi connectivity index (χ0n) is 9.29. The predicted octanol–water partition coefficient (Wildman–Crippen LogP) is 1.62. The Hall–Kier alpha value is -1.66. The highest BCUT2D eigenvalue weighted by molar-refractivity contribution is 7.13. The van der Waals surface area contributed by atoms with Crippen LogP contribution < -0.4 is 9.47 Å². The largest absolute Gasteiger partial charge is 0.497 e. The Morgan fingerprint density at radius 2 is 2.24 bits per heavy atom. The van der Waals surface area contributed by atoms with Crippen molar-refractivity contribution in [3.8, 4) is 10.9 Å². The highest BCUT2D eigenvalue weighted by Gasteiger charge is 2.04. The van der Waals surface area contributed by atoms with Crippen molar-refractivity contribution in [2.24, 2.45) is 0 Å². The number of aliphatic hydroxyl groups excluding tert-OH is 1. The van der Waals surface area contributed by atoms with Crippen molar-refractivity contribution in [2.75, 3.05) is 7.11 Å². The Morgan fingerprint density at radius 3 is 2.94 bits per heavy atom. The SMILES string of the molecule is COc1cccc(COc2nnc(CO)s2)c1. The fraction of sp³-hybridized carbons (Fsp3) is 0.273. The van der Waals surface area contributed by atoms with Crippen LogP contribution in [0.1, 0.15) is 10.6 Å². The Bertz CT molecular complexity index is 487. The Labute approximate surface area is 103 Å². The summed E-state index contributed by atoms with van der Waals surface area (Å²) in [5.74, 6) is 0.791. The maximum absolute atomic E-state index is 8.84. The highest BCUT2D eigenvalue weighted by Crippen LogP contribution is 2.20. The molecule has 0 aliphatic rings. The summed E-state index contributed by atoms with van der Waals surface area (Å²) in [6.07, 6.45) is 0. The van der Waals surface area contributed by atoms with Crippen molar-refractivity contribution >= 4 is 11.3 Å². The quantitative estimate of drug-likeness (QED) is 0.876. The zero-order valence-corrected chi connectivity index (χ0v) is 10.1. The lowest BCUT2D eigenvalue weighted by molar-refractivity contribution is 0.279. The van der Waals surface area contributed by atoms with Crippen LogP contribution in [-0.2, 0) is 13.2 Å². The number of hydrogen-bond acceptors (Lipinski definition) is 6. The van der Waals surface area contributed by atoms with Gasteiger partial charge in [-0.25, -0.2) is 0 Å². The number of methoxy groups -OCH3 is 1. The van der Waals surface area contributed by atoms with Gasteiger partial charge in [-0.05, 0) is 17.7 Å². The minimum atomic E-state index is -0.111. The van der Waals surface area contributed by atoms with E-state index >= 15 is 0 Å². The fourth-order valence-electron chi connectivity index (χ4n) is 1.27. The second-order valence-corrected chi connectivity index (χ2v) is 4.28. The molecule has 90 valence electrons. The zero-order chi connectivity index (χ0) is 12.1. The molecule has 0 atom stereocenters. The smallest absolute Gasteiger partial charge is 0.294 e. The van der Waals surface area contributed by atoms with Crippen molar-refractivity contribution in [2.45, 2.75) is 13.2 Å². The van der Waals surface area contributed by atoms with Gasteiger partial charge < -0.3 is 14.6 Å². The molecule has 0 radical (unpaired) electrons. The maximum Gasteiger partial charge on any atom is 0.294 e. The third-order valence-corrected chi connectivity index (χ3v) is 2.90. The molecule has 0 fully saturated rings. The molecule has 0 saturated heterocycles. The molecule has 0 spiro atoms. The Morgan fingerprint density at radius 1 is 1.35 bits per heavy atom. The molecule has 1 heterocycles. The number of aromatic nitrogens is 2. The first-order valence-electron chi connectivity index (χ1n) is 5.01. The molecule has 0 aliphatic heterocycles. The third-order valence-electron chi connectivity index (χ3n) is 2.08. The summed E-state index contributed by atoms with van der Waals surface area (Å²) in [4.78, 5) is 0. The van der Waals surface area contributed by atoms with Crippen LogP contribution in [0.25, 0.3) is 0 Å². The monoisotopic (exact) mass is 252 g/mol. The topological polar surface area (TPSA) is 64.5 Å². The van der Waals surface area contributed by atoms with Crippen LogP contribution in [0.3, 0.4) is 0 Å². The molecule has 1 aromatic carbocycles. The molecular formula is C11H12N2O3S. The lowest BCUT2D eigenvalue weighted by Gasteiger charge is -2.04. The molecule has 6 heteroatoms. The molecule has 2 rings (SSSR count). The summed E-state index contributed by atoms with van der Waals surface area (Å²) in [5, 5.41) is 17.4. The van der Waals surface area contributed by atoms with Gasteiger partial charge in [0.2, 0.25) is 0 Å². The molecule has 0 aliphatic carbocycles. The Balaban J connectivity index is 1.96. The van der Waals surface area contributed by atoms with E-state index in [-0.39, 0.29) is 6.61 Å². The van der Waals surface area contributed by atoms with Crippen molar-refractivity contribution in [3.63, 3.8) is 0 Å². The van der Waals surface area contributed by atoms with Gasteiger partial charge in [-0.1, -0.05) is 28.6 Å². The summed E-state index contributed by atoms with van der Waals surface area (Å²) >= 11 is 1.24. The second-order valence-electron chi connectivity index (χ2n) is 3.26. The minimum absolute atomic E-state index is 0.111. The second kappa shape index (κ2) is 5.60. The van der Waals surface area contributed by atoms with Gasteiger partial charge in [0.15, 0.2) is 0 Å². The first-order chi connectivity index (χ1) is 8.31. The number of benzene rings is 1. The first-order valence-corrected chi connectivity index (χ1v) is 5.82. The summed E-state index contributed by atoms with van der Waals surface area (Å²) in [6, 6.07) is 7.61. The van der Waals surface area contributed by atoms with Crippen LogP contribution in [0.4, 0.5) is 0 Å². The van der Waals surface area contributed by atoms with Crippen LogP contribution in [-0.4, -0.2) is 22.4 Å². The van der Waals surface area contributed by atoms with E-state index in [1.54, 1.807) is 7.11 Å². The van der Waals surface area contributed by atoms with Crippen LogP contribution in [0.5, 0.6) is 10.9 Å². The minimum Gasteiger partial charge on any atom is -0.497 e. The molecule has 0 saturated carbocycles. The van der Waals surface area contributed by atoms with Crippen LogP contribution in [0.15, 0.2) is 24.3 Å². The van der Waals surface area contributed by atoms with Crippen LogP contribution in [0.2, 0.25) is 0 Å². The first kappa shape index (κ1) is 11.8. The van der Waals surface area contributed by atoms with Crippen molar-refractivity contribution in [1.29, 1.82) is 0 Å². The van der Waals surface area contributed by atoms with Crippen LogP contribution in [0, 0.1) is 0 Å². The lowest BCUT2D eigenvalue weighted by Crippen LogP contribution is -1.95.